The van der Waals surface area contributed by atoms with E-state index in [4.69, 9.17) is 11.6 Å². The van der Waals surface area contributed by atoms with Crippen LogP contribution in [-0.2, 0) is 6.54 Å². The Morgan fingerprint density at radius 2 is 2.24 bits per heavy atom. The van der Waals surface area contributed by atoms with Crippen LogP contribution in [0.4, 0.5) is 5.69 Å². The Bertz CT molecular complexity index is 642. The van der Waals surface area contributed by atoms with Crippen LogP contribution in [0.25, 0.3) is 0 Å². The smallest absolute Gasteiger partial charge is 0.257 e. The van der Waals surface area contributed by atoms with Gasteiger partial charge in [0.05, 0.1) is 29.0 Å². The van der Waals surface area contributed by atoms with Gasteiger partial charge in [0, 0.05) is 17.2 Å². The zero-order valence-corrected chi connectivity index (χ0v) is 14.1. The number of hydrogen-bond acceptors (Lipinski definition) is 3. The van der Waals surface area contributed by atoms with Crippen molar-refractivity contribution in [3.63, 3.8) is 0 Å². The molecule has 0 unspecified atom stereocenters. The molecule has 0 atom stereocenters. The van der Waals surface area contributed by atoms with Gasteiger partial charge >= 0.3 is 0 Å². The summed E-state index contributed by atoms with van der Waals surface area (Å²) in [5, 5.41) is 7.41. The van der Waals surface area contributed by atoms with Crippen molar-refractivity contribution in [3.8, 4) is 0 Å². The summed E-state index contributed by atoms with van der Waals surface area (Å²) < 4.78 is 2.59. The number of amides is 1. The van der Waals surface area contributed by atoms with Crippen LogP contribution < -0.4 is 5.32 Å². The molecule has 1 N–H and O–H groups in total. The number of nitrogens with one attached hydrogen (secondary N) is 1. The first kappa shape index (κ1) is 16.0. The Labute approximate surface area is 137 Å². The van der Waals surface area contributed by atoms with Crippen LogP contribution in [0.5, 0.6) is 0 Å². The summed E-state index contributed by atoms with van der Waals surface area (Å²) in [6, 6.07) is 5.16. The van der Waals surface area contributed by atoms with Gasteiger partial charge in [0.25, 0.3) is 5.91 Å². The number of benzene rings is 1. The maximum atomic E-state index is 12.2. The molecule has 0 aliphatic carbocycles. The highest BCUT2D eigenvalue weighted by molar-refractivity contribution is 9.10. The van der Waals surface area contributed by atoms with Crippen LogP contribution >= 0.6 is 27.5 Å². The van der Waals surface area contributed by atoms with Crippen LogP contribution in [0.1, 0.15) is 10.4 Å². The molecule has 0 fully saturated rings. The molecule has 0 saturated carbocycles. The first-order valence-electron chi connectivity index (χ1n) is 6.39. The molecule has 0 saturated heterocycles. The largest absolute Gasteiger partial charge is 0.319 e. The first-order chi connectivity index (χ1) is 9.95. The molecule has 1 heterocycles. The van der Waals surface area contributed by atoms with E-state index in [1.165, 1.54) is 0 Å². The number of hydrogen-bond donors (Lipinski definition) is 1. The fraction of sp³-hybridized carbons (Fsp3) is 0.286. The molecule has 0 bridgehead atoms. The van der Waals surface area contributed by atoms with E-state index < -0.39 is 0 Å². The minimum Gasteiger partial charge on any atom is -0.319 e. The average Bonchev–Trinajstić information content (AvgIpc) is 2.86. The molecule has 1 aromatic heterocycles. The highest BCUT2D eigenvalue weighted by Gasteiger charge is 2.12. The van der Waals surface area contributed by atoms with Crippen LogP contribution in [-0.4, -0.2) is 41.2 Å². The molecule has 0 aliphatic heterocycles. The monoisotopic (exact) mass is 370 g/mol. The van der Waals surface area contributed by atoms with Crippen molar-refractivity contribution in [2.75, 3.05) is 26.0 Å². The molecule has 1 aromatic carbocycles. The molecule has 0 aliphatic rings. The lowest BCUT2D eigenvalue weighted by molar-refractivity contribution is 0.102. The van der Waals surface area contributed by atoms with Crippen LogP contribution in [0.15, 0.2) is 35.1 Å². The Kier molecular flexibility index (Phi) is 5.39. The summed E-state index contributed by atoms with van der Waals surface area (Å²) in [5.74, 6) is -0.256. The van der Waals surface area contributed by atoms with Crippen LogP contribution in [0.2, 0.25) is 5.02 Å². The van der Waals surface area contributed by atoms with E-state index in [2.05, 4.69) is 31.2 Å². The molecule has 0 radical (unpaired) electrons. The summed E-state index contributed by atoms with van der Waals surface area (Å²) >= 11 is 9.37. The number of carbonyl (C=O) groups excluding carboxylic acids is 1. The molecule has 2 rings (SSSR count). The van der Waals surface area contributed by atoms with E-state index in [9.17, 15) is 4.79 Å². The van der Waals surface area contributed by atoms with Crippen molar-refractivity contribution < 1.29 is 4.79 Å². The number of rotatable bonds is 5. The standard InChI is InChI=1S/C14H16BrClN4O/c1-19(2)5-6-20-9-11(8-17-20)18-14(21)12-7-10(15)3-4-13(12)16/h3-4,7-9H,5-6H2,1-2H3,(H,18,21). The van der Waals surface area contributed by atoms with Gasteiger partial charge in [0.1, 0.15) is 0 Å². The third-order valence-electron chi connectivity index (χ3n) is 2.84. The van der Waals surface area contributed by atoms with Gasteiger partial charge in [-0.3, -0.25) is 9.48 Å². The Balaban J connectivity index is 2.04. The fourth-order valence-corrected chi connectivity index (χ4v) is 2.29. The summed E-state index contributed by atoms with van der Waals surface area (Å²) in [4.78, 5) is 14.3. The maximum Gasteiger partial charge on any atom is 0.257 e. The zero-order chi connectivity index (χ0) is 15.4. The molecule has 2 aromatic rings. The Morgan fingerprint density at radius 1 is 1.48 bits per heavy atom. The summed E-state index contributed by atoms with van der Waals surface area (Å²) in [6.07, 6.45) is 3.42. The number of aromatic nitrogens is 2. The van der Waals surface area contributed by atoms with Crippen molar-refractivity contribution in [1.29, 1.82) is 0 Å². The van der Waals surface area contributed by atoms with Gasteiger partial charge in [-0.05, 0) is 32.3 Å². The topological polar surface area (TPSA) is 50.2 Å². The SMILES string of the molecule is CN(C)CCn1cc(NC(=O)c2cc(Br)ccc2Cl)cn1. The maximum absolute atomic E-state index is 12.2. The molecule has 1 amide bonds. The third kappa shape index (κ3) is 4.56. The lowest BCUT2D eigenvalue weighted by Crippen LogP contribution is -2.18. The molecule has 0 spiro atoms. The summed E-state index contributed by atoms with van der Waals surface area (Å²) in [5.41, 5.74) is 1.07. The second kappa shape index (κ2) is 7.06. The molecular weight excluding hydrogens is 356 g/mol. The minimum absolute atomic E-state index is 0.256. The van der Waals surface area contributed by atoms with E-state index >= 15 is 0 Å². The second-order valence-electron chi connectivity index (χ2n) is 4.87. The number of carbonyl (C=O) groups is 1. The zero-order valence-electron chi connectivity index (χ0n) is 11.8. The van der Waals surface area contributed by atoms with Gasteiger partial charge in [-0.1, -0.05) is 27.5 Å². The number of likely N-dealkylation sites (N-methyl/N-ethyl adjacent to an activating group) is 1. The van der Waals surface area contributed by atoms with Crippen molar-refractivity contribution >= 4 is 39.1 Å². The van der Waals surface area contributed by atoms with E-state index in [1.54, 1.807) is 35.3 Å². The normalized spacial score (nSPS) is 10.9. The van der Waals surface area contributed by atoms with Gasteiger partial charge in [0.2, 0.25) is 0 Å². The molecule has 112 valence electrons. The minimum atomic E-state index is -0.256. The van der Waals surface area contributed by atoms with Crippen LogP contribution in [0, 0.1) is 0 Å². The first-order valence-corrected chi connectivity index (χ1v) is 7.56. The van der Waals surface area contributed by atoms with Crippen molar-refractivity contribution in [3.05, 3.63) is 45.7 Å². The van der Waals surface area contributed by atoms with Gasteiger partial charge in [0.15, 0.2) is 0 Å². The van der Waals surface area contributed by atoms with Gasteiger partial charge < -0.3 is 10.2 Å². The predicted octanol–water partition coefficient (Wildman–Crippen LogP) is 3.11. The highest BCUT2D eigenvalue weighted by Crippen LogP contribution is 2.22. The van der Waals surface area contributed by atoms with E-state index in [0.29, 0.717) is 16.3 Å². The summed E-state index contributed by atoms with van der Waals surface area (Å²) in [7, 11) is 4.00. The predicted molar refractivity (Wildman–Crippen MR) is 87.9 cm³/mol. The molecular formula is C14H16BrClN4O. The van der Waals surface area contributed by atoms with Crippen LogP contribution in [0.3, 0.4) is 0 Å². The molecule has 21 heavy (non-hydrogen) atoms. The lowest BCUT2D eigenvalue weighted by atomic mass is 10.2. The molecule has 7 heteroatoms. The Hall–Kier alpha value is -1.37. The number of nitrogens with zero attached hydrogens (tertiary/aromatic N) is 3. The fourth-order valence-electron chi connectivity index (χ4n) is 1.72. The number of halogens is 2. The van der Waals surface area contributed by atoms with Gasteiger partial charge in [-0.15, -0.1) is 0 Å². The van der Waals surface area contributed by atoms with E-state index in [0.717, 1.165) is 17.6 Å². The number of anilines is 1. The van der Waals surface area contributed by atoms with E-state index in [1.807, 2.05) is 14.1 Å². The van der Waals surface area contributed by atoms with Crippen molar-refractivity contribution in [2.24, 2.45) is 0 Å². The van der Waals surface area contributed by atoms with Gasteiger partial charge in [-0.25, -0.2) is 0 Å². The molecule has 5 nitrogen and oxygen atoms in total. The second-order valence-corrected chi connectivity index (χ2v) is 6.20. The third-order valence-corrected chi connectivity index (χ3v) is 3.66. The Morgan fingerprint density at radius 3 is 2.95 bits per heavy atom. The lowest BCUT2D eigenvalue weighted by Gasteiger charge is -2.08. The van der Waals surface area contributed by atoms with E-state index in [-0.39, 0.29) is 5.91 Å². The summed E-state index contributed by atoms with van der Waals surface area (Å²) in [6.45, 7) is 1.65. The highest BCUT2D eigenvalue weighted by atomic mass is 79.9. The van der Waals surface area contributed by atoms with Gasteiger partial charge in [-0.2, -0.15) is 5.10 Å². The average molecular weight is 372 g/mol. The quantitative estimate of drug-likeness (QED) is 0.878. The van der Waals surface area contributed by atoms with Crippen molar-refractivity contribution in [2.45, 2.75) is 6.54 Å². The van der Waals surface area contributed by atoms with Crippen molar-refractivity contribution in [1.82, 2.24) is 14.7 Å².